The highest BCUT2D eigenvalue weighted by molar-refractivity contribution is 7.18. The molecule has 9 nitrogen and oxygen atoms in total. The number of aromatic amines is 1. The number of rotatable bonds is 11. The zero-order valence-corrected chi connectivity index (χ0v) is 25.8. The van der Waals surface area contributed by atoms with Crippen LogP contribution in [0.4, 0.5) is 11.5 Å². The molecule has 6 aromatic rings. The number of nitrogens with one attached hydrogen (secondary N) is 3. The molecule has 224 valence electrons. The van der Waals surface area contributed by atoms with Gasteiger partial charge in [-0.1, -0.05) is 36.4 Å². The summed E-state index contributed by atoms with van der Waals surface area (Å²) < 4.78 is 8.68. The third-order valence-corrected chi connectivity index (χ3v) is 8.92. The van der Waals surface area contributed by atoms with Gasteiger partial charge in [0.05, 0.1) is 19.0 Å². The van der Waals surface area contributed by atoms with Crippen LogP contribution in [-0.2, 0) is 13.5 Å². The fraction of sp³-hybridized carbons (Fsp3) is 0.206. The molecule has 1 amide bonds. The van der Waals surface area contributed by atoms with Gasteiger partial charge in [0.15, 0.2) is 0 Å². The Kier molecular flexibility index (Phi) is 8.44. The van der Waals surface area contributed by atoms with Crippen molar-refractivity contribution in [3.8, 4) is 16.9 Å². The Labute approximate surface area is 259 Å². The van der Waals surface area contributed by atoms with Crippen LogP contribution in [0.5, 0.6) is 5.75 Å². The summed E-state index contributed by atoms with van der Waals surface area (Å²) in [7, 11) is 3.49. The van der Waals surface area contributed by atoms with Crippen LogP contribution in [0.1, 0.15) is 33.7 Å². The summed E-state index contributed by atoms with van der Waals surface area (Å²) in [5, 5.41) is 17.6. The molecule has 4 aromatic heterocycles. The van der Waals surface area contributed by atoms with E-state index in [1.807, 2.05) is 72.5 Å². The smallest absolute Gasteiger partial charge is 0.272 e. The van der Waals surface area contributed by atoms with Crippen LogP contribution in [0, 0.1) is 6.92 Å². The number of H-pyrrole nitrogens is 1. The second-order valence-electron chi connectivity index (χ2n) is 10.7. The minimum Gasteiger partial charge on any atom is -0.495 e. The number of nitrogens with two attached hydrogens (primary N) is 1. The minimum absolute atomic E-state index is 0.205. The van der Waals surface area contributed by atoms with Crippen molar-refractivity contribution >= 4 is 55.8 Å². The second-order valence-corrected chi connectivity index (χ2v) is 11.6. The van der Waals surface area contributed by atoms with Gasteiger partial charge in [0.2, 0.25) is 0 Å². The summed E-state index contributed by atoms with van der Waals surface area (Å²) >= 11 is 1.64. The van der Waals surface area contributed by atoms with Gasteiger partial charge in [0.1, 0.15) is 17.3 Å². The van der Waals surface area contributed by atoms with E-state index in [-0.39, 0.29) is 5.91 Å². The van der Waals surface area contributed by atoms with Crippen molar-refractivity contribution < 1.29 is 9.53 Å². The number of para-hydroxylation sites is 1. The average Bonchev–Trinajstić information content (AvgIpc) is 3.75. The topological polar surface area (TPSA) is 123 Å². The Morgan fingerprint density at radius 1 is 1.18 bits per heavy atom. The SMILES string of the molecule is COc1cc(-c2csc3c(/C=C/CNCCCc4cn[nH]c4C)cnc(N)c23)ccc1NC(=O)c1cc2ccccc2n1C. The van der Waals surface area contributed by atoms with Gasteiger partial charge in [-0.25, -0.2) is 4.98 Å². The average molecular weight is 606 g/mol. The van der Waals surface area contributed by atoms with Gasteiger partial charge in [-0.3, -0.25) is 9.89 Å². The predicted octanol–water partition coefficient (Wildman–Crippen LogP) is 6.57. The van der Waals surface area contributed by atoms with Crippen molar-refractivity contribution in [1.82, 2.24) is 25.1 Å². The largest absolute Gasteiger partial charge is 0.495 e. The number of nitrogen functional groups attached to an aromatic ring is 1. The highest BCUT2D eigenvalue weighted by Crippen LogP contribution is 2.41. The number of ether oxygens (including phenoxy) is 1. The van der Waals surface area contributed by atoms with Gasteiger partial charge in [0.25, 0.3) is 5.91 Å². The summed E-state index contributed by atoms with van der Waals surface area (Å²) in [5.74, 6) is 0.835. The van der Waals surface area contributed by atoms with E-state index >= 15 is 0 Å². The summed E-state index contributed by atoms with van der Waals surface area (Å²) in [5.41, 5.74) is 13.9. The lowest BCUT2D eigenvalue weighted by Gasteiger charge is -2.13. The highest BCUT2D eigenvalue weighted by Gasteiger charge is 2.18. The Morgan fingerprint density at radius 2 is 2.05 bits per heavy atom. The number of benzene rings is 2. The van der Waals surface area contributed by atoms with E-state index in [1.165, 1.54) is 5.56 Å². The van der Waals surface area contributed by atoms with Crippen molar-refractivity contribution in [2.75, 3.05) is 31.2 Å². The molecule has 0 fully saturated rings. The molecule has 5 N–H and O–H groups in total. The predicted molar refractivity (Wildman–Crippen MR) is 180 cm³/mol. The number of fused-ring (bicyclic) bond motifs is 2. The van der Waals surface area contributed by atoms with Crippen LogP contribution in [0.3, 0.4) is 0 Å². The fourth-order valence-electron chi connectivity index (χ4n) is 5.48. The Balaban J connectivity index is 1.16. The van der Waals surface area contributed by atoms with Gasteiger partial charge in [-0.05, 0) is 67.1 Å². The normalized spacial score (nSPS) is 11.6. The molecule has 6 rings (SSSR count). The number of thiophene rings is 1. The number of carbonyl (C=O) groups excluding carboxylic acids is 1. The molecule has 44 heavy (non-hydrogen) atoms. The first-order chi connectivity index (χ1) is 21.4. The fourth-order valence-corrected chi connectivity index (χ4v) is 6.55. The minimum atomic E-state index is -0.205. The molecule has 0 unspecified atom stereocenters. The molecule has 0 spiro atoms. The summed E-state index contributed by atoms with van der Waals surface area (Å²) in [6.07, 6.45) is 9.98. The lowest BCUT2D eigenvalue weighted by molar-refractivity contribution is 0.101. The van der Waals surface area contributed by atoms with Gasteiger partial charge in [0, 0.05) is 57.6 Å². The Morgan fingerprint density at radius 3 is 2.84 bits per heavy atom. The number of methoxy groups -OCH3 is 1. The number of carbonyl (C=O) groups is 1. The van der Waals surface area contributed by atoms with Crippen molar-refractivity contribution in [2.24, 2.45) is 7.05 Å². The van der Waals surface area contributed by atoms with Crippen molar-refractivity contribution in [3.05, 3.63) is 94.9 Å². The molecule has 0 saturated heterocycles. The maximum Gasteiger partial charge on any atom is 0.272 e. The molecule has 2 aromatic carbocycles. The van der Waals surface area contributed by atoms with E-state index < -0.39 is 0 Å². The van der Waals surface area contributed by atoms with E-state index in [2.05, 4.69) is 50.3 Å². The zero-order valence-electron chi connectivity index (χ0n) is 25.0. The molecule has 0 radical (unpaired) electrons. The summed E-state index contributed by atoms with van der Waals surface area (Å²) in [4.78, 5) is 17.7. The molecular formula is C34H35N7O2S. The van der Waals surface area contributed by atoms with E-state index in [9.17, 15) is 4.79 Å². The summed E-state index contributed by atoms with van der Waals surface area (Å²) in [6, 6.07) is 15.6. The molecule has 0 aliphatic rings. The lowest BCUT2D eigenvalue weighted by atomic mass is 10.0. The maximum atomic E-state index is 13.2. The first-order valence-corrected chi connectivity index (χ1v) is 15.4. The van der Waals surface area contributed by atoms with E-state index in [4.69, 9.17) is 10.5 Å². The lowest BCUT2D eigenvalue weighted by Crippen LogP contribution is -2.16. The van der Waals surface area contributed by atoms with Crippen molar-refractivity contribution in [2.45, 2.75) is 19.8 Å². The third kappa shape index (κ3) is 5.82. The number of nitrogens with zero attached hydrogens (tertiary/aromatic N) is 3. The quantitative estimate of drug-likeness (QED) is 0.124. The molecule has 0 aliphatic heterocycles. The van der Waals surface area contributed by atoms with Gasteiger partial charge in [-0.15, -0.1) is 11.3 Å². The number of hydrogen-bond donors (Lipinski definition) is 4. The number of aryl methyl sites for hydroxylation is 3. The first kappa shape index (κ1) is 29.2. The number of amides is 1. The van der Waals surface area contributed by atoms with Gasteiger partial charge < -0.3 is 25.7 Å². The number of aromatic nitrogens is 4. The van der Waals surface area contributed by atoms with Crippen LogP contribution >= 0.6 is 11.3 Å². The standard InChI is InChI=1S/C34H35N7O2S/c1-21-24(19-38-40-21)9-6-14-36-15-7-10-25-18-37-33(35)31-26(20-44-32(25)31)22-12-13-27(30(17-22)43-3)39-34(42)29-16-23-8-4-5-11-28(23)41(29)2/h4-5,7-8,10-13,16-20,36H,6,9,14-15H2,1-3H3,(H2,35,37)(H,38,40)(H,39,42)/b10-7+. The molecular weight excluding hydrogens is 570 g/mol. The Hall–Kier alpha value is -4.93. The molecule has 10 heteroatoms. The van der Waals surface area contributed by atoms with E-state index in [1.54, 1.807) is 18.4 Å². The van der Waals surface area contributed by atoms with Crippen molar-refractivity contribution in [3.63, 3.8) is 0 Å². The van der Waals surface area contributed by atoms with Crippen LogP contribution < -0.4 is 21.1 Å². The Bertz CT molecular complexity index is 1980. The first-order valence-electron chi connectivity index (χ1n) is 14.5. The number of pyridine rings is 1. The van der Waals surface area contributed by atoms with Crippen LogP contribution in [0.2, 0.25) is 0 Å². The van der Waals surface area contributed by atoms with Crippen LogP contribution in [-0.4, -0.2) is 45.9 Å². The zero-order chi connectivity index (χ0) is 30.6. The summed E-state index contributed by atoms with van der Waals surface area (Å²) in [6.45, 7) is 3.74. The molecule has 0 saturated carbocycles. The molecule has 0 aliphatic carbocycles. The highest BCUT2D eigenvalue weighted by atomic mass is 32.1. The van der Waals surface area contributed by atoms with E-state index in [0.29, 0.717) is 22.9 Å². The second kappa shape index (κ2) is 12.7. The number of anilines is 2. The van der Waals surface area contributed by atoms with Gasteiger partial charge >= 0.3 is 0 Å². The van der Waals surface area contributed by atoms with Crippen molar-refractivity contribution in [1.29, 1.82) is 0 Å². The van der Waals surface area contributed by atoms with E-state index in [0.717, 1.165) is 69.3 Å². The third-order valence-electron chi connectivity index (χ3n) is 7.89. The van der Waals surface area contributed by atoms with Crippen LogP contribution in [0.25, 0.3) is 38.2 Å². The number of hydrogen-bond acceptors (Lipinski definition) is 7. The molecule has 4 heterocycles. The van der Waals surface area contributed by atoms with Gasteiger partial charge in [-0.2, -0.15) is 5.10 Å². The molecule has 0 bridgehead atoms. The monoisotopic (exact) mass is 605 g/mol. The maximum absolute atomic E-state index is 13.2. The van der Waals surface area contributed by atoms with Crippen LogP contribution in [0.15, 0.2) is 72.4 Å². The molecule has 0 atom stereocenters.